The van der Waals surface area contributed by atoms with E-state index in [1.54, 1.807) is 18.2 Å². The van der Waals surface area contributed by atoms with Gasteiger partial charge in [0, 0.05) is 0 Å². The molecule has 1 aromatic heterocycles. The summed E-state index contributed by atoms with van der Waals surface area (Å²) >= 11 is 18.0. The zero-order chi connectivity index (χ0) is 10.1. The normalized spacial score (nSPS) is 12.2. The molecule has 0 aliphatic heterocycles. The van der Waals surface area contributed by atoms with Crippen LogP contribution < -0.4 is 0 Å². The van der Waals surface area contributed by atoms with Crippen molar-refractivity contribution in [2.75, 3.05) is 0 Å². The van der Waals surface area contributed by atoms with Crippen LogP contribution in [0.25, 0.3) is 0 Å². The van der Waals surface area contributed by atoms with Gasteiger partial charge in [0.05, 0.1) is 5.69 Å². The Balaban J connectivity index is 3.07. The van der Waals surface area contributed by atoms with Crippen LogP contribution in [0.3, 0.4) is 0 Å². The molecule has 1 rings (SSSR count). The molecule has 0 bridgehead atoms. The number of aromatic nitrogens is 1. The van der Waals surface area contributed by atoms with Crippen LogP contribution in [-0.2, 0) is 4.33 Å². The summed E-state index contributed by atoms with van der Waals surface area (Å²) in [5, 5.41) is 0.406. The summed E-state index contributed by atoms with van der Waals surface area (Å²) in [5.74, 6) is 0.0850. The molecule has 0 aliphatic rings. The molecule has 13 heavy (non-hydrogen) atoms. The second-order valence-electron chi connectivity index (χ2n) is 3.12. The van der Waals surface area contributed by atoms with Crippen LogP contribution in [0.15, 0.2) is 18.2 Å². The Bertz CT molecular complexity index is 297. The van der Waals surface area contributed by atoms with Gasteiger partial charge in [-0.05, 0) is 18.1 Å². The van der Waals surface area contributed by atoms with Crippen LogP contribution in [0, 0.1) is 5.92 Å². The van der Waals surface area contributed by atoms with Crippen molar-refractivity contribution in [1.82, 2.24) is 4.98 Å². The fourth-order valence-corrected chi connectivity index (χ4v) is 1.26. The molecule has 0 fully saturated rings. The van der Waals surface area contributed by atoms with Gasteiger partial charge in [-0.15, -0.1) is 0 Å². The van der Waals surface area contributed by atoms with Gasteiger partial charge < -0.3 is 0 Å². The molecule has 0 atom stereocenters. The topological polar surface area (TPSA) is 12.9 Å². The van der Waals surface area contributed by atoms with Crippen molar-refractivity contribution in [1.29, 1.82) is 0 Å². The molecule has 0 unspecified atom stereocenters. The second-order valence-corrected chi connectivity index (χ2v) is 4.90. The first kappa shape index (κ1) is 11.1. The van der Waals surface area contributed by atoms with Crippen LogP contribution >= 0.6 is 34.8 Å². The molecule has 4 heteroatoms. The highest BCUT2D eigenvalue weighted by Crippen LogP contribution is 2.39. The second kappa shape index (κ2) is 4.04. The minimum Gasteiger partial charge on any atom is -0.238 e. The summed E-state index contributed by atoms with van der Waals surface area (Å²) in [4.78, 5) is 4.07. The van der Waals surface area contributed by atoms with E-state index in [0.717, 1.165) is 0 Å². The maximum atomic E-state index is 6.11. The Labute approximate surface area is 93.0 Å². The van der Waals surface area contributed by atoms with Gasteiger partial charge in [0.2, 0.25) is 0 Å². The maximum Gasteiger partial charge on any atom is 0.162 e. The highest BCUT2D eigenvalue weighted by Gasteiger charge is 2.32. The van der Waals surface area contributed by atoms with E-state index >= 15 is 0 Å². The van der Waals surface area contributed by atoms with E-state index < -0.39 is 4.33 Å². The fraction of sp³-hybridized carbons (Fsp3) is 0.444. The zero-order valence-electron chi connectivity index (χ0n) is 7.39. The Morgan fingerprint density at radius 1 is 1.31 bits per heavy atom. The Morgan fingerprint density at radius 3 is 2.38 bits per heavy atom. The average molecular weight is 239 g/mol. The van der Waals surface area contributed by atoms with Crippen LogP contribution in [-0.4, -0.2) is 4.98 Å². The molecule has 0 radical (unpaired) electrons. The van der Waals surface area contributed by atoms with E-state index in [9.17, 15) is 0 Å². The van der Waals surface area contributed by atoms with Gasteiger partial charge in [0.1, 0.15) is 5.15 Å². The van der Waals surface area contributed by atoms with Gasteiger partial charge in [0.15, 0.2) is 4.33 Å². The number of hydrogen-bond donors (Lipinski definition) is 0. The third-order valence-electron chi connectivity index (χ3n) is 1.78. The monoisotopic (exact) mass is 237 g/mol. The summed E-state index contributed by atoms with van der Waals surface area (Å²) in [7, 11) is 0. The molecule has 0 aliphatic carbocycles. The molecule has 1 heterocycles. The Kier molecular flexibility index (Phi) is 3.44. The van der Waals surface area contributed by atoms with Crippen LogP contribution in [0.1, 0.15) is 19.5 Å². The molecular weight excluding hydrogens is 228 g/mol. The number of nitrogens with zero attached hydrogens (tertiary/aromatic N) is 1. The van der Waals surface area contributed by atoms with Crippen molar-refractivity contribution in [2.45, 2.75) is 18.2 Å². The smallest absolute Gasteiger partial charge is 0.162 e. The van der Waals surface area contributed by atoms with E-state index in [1.807, 2.05) is 13.8 Å². The van der Waals surface area contributed by atoms with Crippen molar-refractivity contribution >= 4 is 34.8 Å². The lowest BCUT2D eigenvalue weighted by atomic mass is 10.1. The maximum absolute atomic E-state index is 6.11. The van der Waals surface area contributed by atoms with Gasteiger partial charge in [-0.25, -0.2) is 4.98 Å². The molecule has 0 N–H and O–H groups in total. The molecular formula is C9H10Cl3N. The van der Waals surface area contributed by atoms with Gasteiger partial charge in [-0.2, -0.15) is 0 Å². The lowest BCUT2D eigenvalue weighted by Crippen LogP contribution is -2.19. The van der Waals surface area contributed by atoms with E-state index in [1.165, 1.54) is 0 Å². The fourth-order valence-electron chi connectivity index (χ4n) is 0.890. The standard InChI is InChI=1S/C9H10Cl3N/c1-6(2)9(11,12)7-4-3-5-8(10)13-7/h3-6H,1-2H3. The van der Waals surface area contributed by atoms with Crippen molar-refractivity contribution in [3.63, 3.8) is 0 Å². The largest absolute Gasteiger partial charge is 0.238 e. The van der Waals surface area contributed by atoms with Crippen LogP contribution in [0.5, 0.6) is 0 Å². The number of halogens is 3. The van der Waals surface area contributed by atoms with Crippen molar-refractivity contribution < 1.29 is 0 Å². The van der Waals surface area contributed by atoms with Crippen molar-refractivity contribution in [3.05, 3.63) is 29.0 Å². The van der Waals surface area contributed by atoms with E-state index in [4.69, 9.17) is 34.8 Å². The number of rotatable bonds is 2. The molecule has 0 amide bonds. The number of pyridine rings is 1. The van der Waals surface area contributed by atoms with Crippen LogP contribution in [0.4, 0.5) is 0 Å². The predicted octanol–water partition coefficient (Wildman–Crippen LogP) is 4.02. The summed E-state index contributed by atoms with van der Waals surface area (Å²) < 4.78 is -0.967. The molecule has 0 spiro atoms. The quantitative estimate of drug-likeness (QED) is 0.560. The Morgan fingerprint density at radius 2 is 1.92 bits per heavy atom. The third kappa shape index (κ3) is 2.49. The minimum atomic E-state index is -0.967. The summed E-state index contributed by atoms with van der Waals surface area (Å²) in [6.07, 6.45) is 0. The summed E-state index contributed by atoms with van der Waals surface area (Å²) in [6, 6.07) is 5.24. The molecule has 1 aromatic rings. The Hall–Kier alpha value is 0.0200. The van der Waals surface area contributed by atoms with E-state index in [0.29, 0.717) is 10.8 Å². The molecule has 0 saturated heterocycles. The summed E-state index contributed by atoms with van der Waals surface area (Å²) in [5.41, 5.74) is 0.596. The lowest BCUT2D eigenvalue weighted by Gasteiger charge is -2.22. The first-order chi connectivity index (χ1) is 5.94. The van der Waals surface area contributed by atoms with Gasteiger partial charge >= 0.3 is 0 Å². The van der Waals surface area contributed by atoms with Gasteiger partial charge in [-0.1, -0.05) is 54.7 Å². The molecule has 1 nitrogen and oxygen atoms in total. The number of alkyl halides is 2. The van der Waals surface area contributed by atoms with Crippen molar-refractivity contribution in [3.8, 4) is 0 Å². The predicted molar refractivity (Wildman–Crippen MR) is 57.5 cm³/mol. The summed E-state index contributed by atoms with van der Waals surface area (Å²) in [6.45, 7) is 3.87. The van der Waals surface area contributed by atoms with Crippen LogP contribution in [0.2, 0.25) is 5.15 Å². The van der Waals surface area contributed by atoms with E-state index in [2.05, 4.69) is 4.98 Å². The first-order valence-electron chi connectivity index (χ1n) is 3.95. The minimum absolute atomic E-state index is 0.0850. The lowest BCUT2D eigenvalue weighted by molar-refractivity contribution is 0.560. The van der Waals surface area contributed by atoms with Gasteiger partial charge in [0.25, 0.3) is 0 Å². The third-order valence-corrected chi connectivity index (χ3v) is 3.25. The number of hydrogen-bond acceptors (Lipinski definition) is 1. The molecule has 72 valence electrons. The molecule has 0 aromatic carbocycles. The van der Waals surface area contributed by atoms with Gasteiger partial charge in [-0.3, -0.25) is 0 Å². The first-order valence-corrected chi connectivity index (χ1v) is 5.09. The zero-order valence-corrected chi connectivity index (χ0v) is 9.66. The highest BCUT2D eigenvalue weighted by atomic mass is 35.5. The SMILES string of the molecule is CC(C)C(Cl)(Cl)c1cccc(Cl)n1. The molecule has 0 saturated carbocycles. The van der Waals surface area contributed by atoms with Crippen molar-refractivity contribution in [2.24, 2.45) is 5.92 Å². The average Bonchev–Trinajstić information content (AvgIpc) is 2.04. The highest BCUT2D eigenvalue weighted by molar-refractivity contribution is 6.48. The van der Waals surface area contributed by atoms with E-state index in [-0.39, 0.29) is 5.92 Å².